The summed E-state index contributed by atoms with van der Waals surface area (Å²) in [6.45, 7) is 6.83. The van der Waals surface area contributed by atoms with E-state index in [-0.39, 0.29) is 11.9 Å². The number of nitrogens with two attached hydrogens (primary N) is 1. The van der Waals surface area contributed by atoms with Crippen LogP contribution in [-0.4, -0.2) is 55.5 Å². The van der Waals surface area contributed by atoms with Crippen molar-refractivity contribution < 1.29 is 4.79 Å². The van der Waals surface area contributed by atoms with E-state index in [1.54, 1.807) is 12.1 Å². The molecule has 5 nitrogen and oxygen atoms in total. The SMILES string of the molecule is CCN(CCCN(C)C)C(C)C(=O)Nc1cccc(N)c1. The van der Waals surface area contributed by atoms with Crippen LogP contribution in [0.25, 0.3) is 0 Å². The summed E-state index contributed by atoms with van der Waals surface area (Å²) >= 11 is 0. The van der Waals surface area contributed by atoms with Crippen LogP contribution in [0.15, 0.2) is 24.3 Å². The maximum absolute atomic E-state index is 12.3. The molecule has 1 atom stereocenters. The first-order valence-corrected chi connectivity index (χ1v) is 7.49. The minimum Gasteiger partial charge on any atom is -0.399 e. The molecule has 0 heterocycles. The van der Waals surface area contributed by atoms with Crippen molar-refractivity contribution in [1.29, 1.82) is 0 Å². The van der Waals surface area contributed by atoms with Crippen LogP contribution in [0.4, 0.5) is 11.4 Å². The van der Waals surface area contributed by atoms with E-state index in [9.17, 15) is 4.79 Å². The monoisotopic (exact) mass is 292 g/mol. The summed E-state index contributed by atoms with van der Waals surface area (Å²) in [5.74, 6) is 0.00676. The molecule has 0 aliphatic rings. The Hall–Kier alpha value is -1.59. The Labute approximate surface area is 128 Å². The van der Waals surface area contributed by atoms with Crippen LogP contribution in [0, 0.1) is 0 Å². The van der Waals surface area contributed by atoms with Gasteiger partial charge in [-0.15, -0.1) is 0 Å². The molecule has 1 rings (SSSR count). The summed E-state index contributed by atoms with van der Waals surface area (Å²) in [6.07, 6.45) is 1.05. The molecule has 3 N–H and O–H groups in total. The minimum absolute atomic E-state index is 0.00676. The molecule has 118 valence electrons. The lowest BCUT2D eigenvalue weighted by Crippen LogP contribution is -2.43. The highest BCUT2D eigenvalue weighted by molar-refractivity contribution is 5.94. The molecule has 1 aromatic rings. The van der Waals surface area contributed by atoms with Crippen molar-refractivity contribution in [1.82, 2.24) is 9.80 Å². The molecule has 0 spiro atoms. The van der Waals surface area contributed by atoms with E-state index in [2.05, 4.69) is 36.1 Å². The van der Waals surface area contributed by atoms with Crippen molar-refractivity contribution >= 4 is 17.3 Å². The predicted octanol–water partition coefficient (Wildman–Crippen LogP) is 1.87. The zero-order valence-corrected chi connectivity index (χ0v) is 13.6. The van der Waals surface area contributed by atoms with E-state index < -0.39 is 0 Å². The molecule has 0 aliphatic heterocycles. The van der Waals surface area contributed by atoms with Crippen molar-refractivity contribution in [3.63, 3.8) is 0 Å². The van der Waals surface area contributed by atoms with Gasteiger partial charge in [-0.25, -0.2) is 0 Å². The first kappa shape index (κ1) is 17.5. The molecule has 1 unspecified atom stereocenters. The van der Waals surface area contributed by atoms with E-state index in [1.807, 2.05) is 19.1 Å². The Morgan fingerprint density at radius 2 is 2.05 bits per heavy atom. The Bertz CT molecular complexity index is 448. The third-order valence-electron chi connectivity index (χ3n) is 3.54. The number of anilines is 2. The number of nitrogens with one attached hydrogen (secondary N) is 1. The highest BCUT2D eigenvalue weighted by atomic mass is 16.2. The van der Waals surface area contributed by atoms with Crippen LogP contribution < -0.4 is 11.1 Å². The number of carbonyl (C=O) groups excluding carboxylic acids is 1. The standard InChI is InChI=1S/C16H28N4O/c1-5-20(11-7-10-19(3)4)13(2)16(21)18-15-9-6-8-14(17)12-15/h6,8-9,12-13H,5,7,10-11,17H2,1-4H3,(H,18,21). The lowest BCUT2D eigenvalue weighted by molar-refractivity contribution is -0.120. The van der Waals surface area contributed by atoms with Gasteiger partial charge in [0.2, 0.25) is 5.91 Å². The molecule has 0 saturated carbocycles. The second kappa shape index (κ2) is 8.64. The maximum atomic E-state index is 12.3. The van der Waals surface area contributed by atoms with Gasteiger partial charge in [-0.05, 0) is 58.7 Å². The van der Waals surface area contributed by atoms with Crippen LogP contribution in [0.3, 0.4) is 0 Å². The molecule has 1 aromatic carbocycles. The van der Waals surface area contributed by atoms with Gasteiger partial charge in [0.15, 0.2) is 0 Å². The molecule has 21 heavy (non-hydrogen) atoms. The van der Waals surface area contributed by atoms with Gasteiger partial charge in [-0.2, -0.15) is 0 Å². The van der Waals surface area contributed by atoms with Gasteiger partial charge >= 0.3 is 0 Å². The largest absolute Gasteiger partial charge is 0.399 e. The van der Waals surface area contributed by atoms with Crippen molar-refractivity contribution in [3.8, 4) is 0 Å². The number of benzene rings is 1. The summed E-state index contributed by atoms with van der Waals surface area (Å²) in [5, 5.41) is 2.93. The van der Waals surface area contributed by atoms with Gasteiger partial charge in [0, 0.05) is 17.9 Å². The fourth-order valence-corrected chi connectivity index (χ4v) is 2.24. The van der Waals surface area contributed by atoms with Gasteiger partial charge in [0.05, 0.1) is 6.04 Å². The molecule has 1 amide bonds. The Morgan fingerprint density at radius 1 is 1.33 bits per heavy atom. The molecule has 0 aromatic heterocycles. The molecular formula is C16H28N4O. The lowest BCUT2D eigenvalue weighted by atomic mass is 10.2. The predicted molar refractivity (Wildman–Crippen MR) is 89.4 cm³/mol. The fraction of sp³-hybridized carbons (Fsp3) is 0.562. The van der Waals surface area contributed by atoms with Gasteiger partial charge in [0.25, 0.3) is 0 Å². The van der Waals surface area contributed by atoms with Crippen molar-refractivity contribution in [2.75, 3.05) is 44.8 Å². The highest BCUT2D eigenvalue weighted by Crippen LogP contribution is 2.13. The summed E-state index contributed by atoms with van der Waals surface area (Å²) in [4.78, 5) is 16.7. The van der Waals surface area contributed by atoms with Crippen LogP contribution in [0.5, 0.6) is 0 Å². The van der Waals surface area contributed by atoms with Gasteiger partial charge in [-0.3, -0.25) is 9.69 Å². The van der Waals surface area contributed by atoms with Crippen LogP contribution in [-0.2, 0) is 4.79 Å². The Kier molecular flexibility index (Phi) is 7.19. The van der Waals surface area contributed by atoms with E-state index in [1.165, 1.54) is 0 Å². The number of hydrogen-bond acceptors (Lipinski definition) is 4. The molecule has 0 bridgehead atoms. The van der Waals surface area contributed by atoms with E-state index in [0.29, 0.717) is 5.69 Å². The van der Waals surface area contributed by atoms with Crippen LogP contribution in [0.1, 0.15) is 20.3 Å². The third kappa shape index (κ3) is 6.14. The van der Waals surface area contributed by atoms with Crippen molar-refractivity contribution in [2.24, 2.45) is 0 Å². The summed E-state index contributed by atoms with van der Waals surface area (Å²) in [6, 6.07) is 7.11. The van der Waals surface area contributed by atoms with Crippen LogP contribution in [0.2, 0.25) is 0 Å². The smallest absolute Gasteiger partial charge is 0.241 e. The maximum Gasteiger partial charge on any atom is 0.241 e. The van der Waals surface area contributed by atoms with E-state index in [4.69, 9.17) is 5.73 Å². The van der Waals surface area contributed by atoms with Crippen LogP contribution >= 0.6 is 0 Å². The average molecular weight is 292 g/mol. The number of nitrogens with zero attached hydrogens (tertiary/aromatic N) is 2. The van der Waals surface area contributed by atoms with Gasteiger partial charge < -0.3 is 16.0 Å². The molecule has 0 aliphatic carbocycles. The normalized spacial score (nSPS) is 12.7. The number of amides is 1. The molecule has 0 saturated heterocycles. The number of hydrogen-bond donors (Lipinski definition) is 2. The second-order valence-corrected chi connectivity index (χ2v) is 5.58. The minimum atomic E-state index is -0.154. The van der Waals surface area contributed by atoms with Crippen molar-refractivity contribution in [2.45, 2.75) is 26.3 Å². The summed E-state index contributed by atoms with van der Waals surface area (Å²) in [5.41, 5.74) is 7.12. The third-order valence-corrected chi connectivity index (χ3v) is 3.54. The van der Waals surface area contributed by atoms with E-state index in [0.717, 1.165) is 31.7 Å². The fourth-order valence-electron chi connectivity index (χ4n) is 2.24. The zero-order valence-electron chi connectivity index (χ0n) is 13.6. The average Bonchev–Trinajstić information content (AvgIpc) is 2.42. The molecule has 0 fully saturated rings. The van der Waals surface area contributed by atoms with E-state index >= 15 is 0 Å². The zero-order chi connectivity index (χ0) is 15.8. The molecule has 0 radical (unpaired) electrons. The number of likely N-dealkylation sites (N-methyl/N-ethyl adjacent to an activating group) is 1. The van der Waals surface area contributed by atoms with Gasteiger partial charge in [-0.1, -0.05) is 13.0 Å². The summed E-state index contributed by atoms with van der Waals surface area (Å²) in [7, 11) is 4.12. The lowest BCUT2D eigenvalue weighted by Gasteiger charge is -2.27. The second-order valence-electron chi connectivity index (χ2n) is 5.58. The first-order chi connectivity index (χ1) is 9.93. The number of rotatable bonds is 8. The number of carbonyl (C=O) groups is 1. The quantitative estimate of drug-likeness (QED) is 0.718. The Balaban J connectivity index is 2.54. The topological polar surface area (TPSA) is 61.6 Å². The highest BCUT2D eigenvalue weighted by Gasteiger charge is 2.19. The Morgan fingerprint density at radius 3 is 2.62 bits per heavy atom. The molecule has 5 heteroatoms. The van der Waals surface area contributed by atoms with Gasteiger partial charge in [0.1, 0.15) is 0 Å². The molecular weight excluding hydrogens is 264 g/mol. The first-order valence-electron chi connectivity index (χ1n) is 7.49. The van der Waals surface area contributed by atoms with Crippen molar-refractivity contribution in [3.05, 3.63) is 24.3 Å². The summed E-state index contributed by atoms with van der Waals surface area (Å²) < 4.78 is 0. The number of nitrogen functional groups attached to an aromatic ring is 1.